The van der Waals surface area contributed by atoms with Crippen LogP contribution in [0.1, 0.15) is 32.4 Å². The van der Waals surface area contributed by atoms with Gasteiger partial charge in [0.05, 0.1) is 11.3 Å². The molecule has 1 saturated heterocycles. The molecule has 2 aromatic rings. The van der Waals surface area contributed by atoms with Crippen LogP contribution in [0.15, 0.2) is 36.5 Å². The Balaban J connectivity index is 1.83. The average Bonchev–Trinajstić information content (AvgIpc) is 2.79. The summed E-state index contributed by atoms with van der Waals surface area (Å²) in [5.41, 5.74) is 2.09. The topological polar surface area (TPSA) is 39.1 Å². The minimum Gasteiger partial charge on any atom is -0.375 e. The third-order valence-electron chi connectivity index (χ3n) is 3.89. The van der Waals surface area contributed by atoms with E-state index in [9.17, 15) is 0 Å². The van der Waals surface area contributed by atoms with Crippen molar-refractivity contribution in [1.29, 1.82) is 0 Å². The zero-order valence-corrected chi connectivity index (χ0v) is 13.0. The van der Waals surface area contributed by atoms with Gasteiger partial charge in [-0.25, -0.2) is 4.98 Å². The highest BCUT2D eigenvalue weighted by atomic mass is 16.5. The SMILES string of the molecule is Cc1cn(-c2ccccc2)c(NC2CCOC(C)(C)C2)n1. The van der Waals surface area contributed by atoms with E-state index in [0.29, 0.717) is 6.04 Å². The number of ether oxygens (including phenoxy) is 1. The second-order valence-electron chi connectivity index (χ2n) is 6.35. The number of imidazole rings is 1. The van der Waals surface area contributed by atoms with Crippen molar-refractivity contribution in [1.82, 2.24) is 9.55 Å². The maximum atomic E-state index is 5.79. The second kappa shape index (κ2) is 5.53. The standard InChI is InChI=1S/C17H23N3O/c1-13-12-20(15-7-5-4-6-8-15)16(18-13)19-14-9-10-21-17(2,3)11-14/h4-8,12,14H,9-11H2,1-3H3,(H,18,19). The van der Waals surface area contributed by atoms with Crippen LogP contribution in [0.5, 0.6) is 0 Å². The Morgan fingerprint density at radius 1 is 1.29 bits per heavy atom. The van der Waals surface area contributed by atoms with E-state index in [1.54, 1.807) is 0 Å². The number of para-hydroxylation sites is 1. The van der Waals surface area contributed by atoms with Crippen molar-refractivity contribution in [3.63, 3.8) is 0 Å². The Hall–Kier alpha value is -1.81. The fourth-order valence-corrected chi connectivity index (χ4v) is 2.92. The number of nitrogens with one attached hydrogen (secondary N) is 1. The lowest BCUT2D eigenvalue weighted by atomic mass is 9.94. The number of benzene rings is 1. The fourth-order valence-electron chi connectivity index (χ4n) is 2.92. The van der Waals surface area contributed by atoms with E-state index < -0.39 is 0 Å². The molecule has 1 aromatic heterocycles. The number of anilines is 1. The molecule has 4 nitrogen and oxygen atoms in total. The van der Waals surface area contributed by atoms with Crippen molar-refractivity contribution in [2.45, 2.75) is 45.3 Å². The van der Waals surface area contributed by atoms with Crippen LogP contribution in [-0.2, 0) is 4.74 Å². The maximum absolute atomic E-state index is 5.79. The molecule has 1 aliphatic heterocycles. The van der Waals surface area contributed by atoms with Crippen LogP contribution < -0.4 is 5.32 Å². The molecular weight excluding hydrogens is 262 g/mol. The van der Waals surface area contributed by atoms with Gasteiger partial charge in [-0.15, -0.1) is 0 Å². The number of rotatable bonds is 3. The van der Waals surface area contributed by atoms with Crippen molar-refractivity contribution >= 4 is 5.95 Å². The molecule has 1 atom stereocenters. The fraction of sp³-hybridized carbons (Fsp3) is 0.471. The Bertz CT molecular complexity index is 604. The molecule has 0 radical (unpaired) electrons. The van der Waals surface area contributed by atoms with Crippen molar-refractivity contribution in [3.05, 3.63) is 42.2 Å². The minimum absolute atomic E-state index is 0.0604. The summed E-state index contributed by atoms with van der Waals surface area (Å²) in [4.78, 5) is 4.64. The van der Waals surface area contributed by atoms with E-state index in [0.717, 1.165) is 36.8 Å². The van der Waals surface area contributed by atoms with Gasteiger partial charge in [0.15, 0.2) is 0 Å². The van der Waals surface area contributed by atoms with Gasteiger partial charge in [0.25, 0.3) is 0 Å². The first-order valence-corrected chi connectivity index (χ1v) is 7.55. The van der Waals surface area contributed by atoms with Gasteiger partial charge in [0.1, 0.15) is 0 Å². The van der Waals surface area contributed by atoms with Crippen molar-refractivity contribution in [2.75, 3.05) is 11.9 Å². The van der Waals surface area contributed by atoms with Crippen LogP contribution in [0.3, 0.4) is 0 Å². The zero-order chi connectivity index (χ0) is 14.9. The summed E-state index contributed by atoms with van der Waals surface area (Å²) in [5, 5.41) is 3.60. The van der Waals surface area contributed by atoms with Gasteiger partial charge in [-0.05, 0) is 45.7 Å². The molecule has 0 aliphatic carbocycles. The Morgan fingerprint density at radius 3 is 2.76 bits per heavy atom. The monoisotopic (exact) mass is 285 g/mol. The third kappa shape index (κ3) is 3.27. The van der Waals surface area contributed by atoms with Gasteiger partial charge in [0, 0.05) is 24.5 Å². The summed E-state index contributed by atoms with van der Waals surface area (Å²) in [6.07, 6.45) is 4.08. The predicted octanol–water partition coefficient (Wildman–Crippen LogP) is 3.55. The summed E-state index contributed by atoms with van der Waals surface area (Å²) in [7, 11) is 0. The van der Waals surface area contributed by atoms with Crippen LogP contribution >= 0.6 is 0 Å². The lowest BCUT2D eigenvalue weighted by Gasteiger charge is -2.36. The van der Waals surface area contributed by atoms with E-state index >= 15 is 0 Å². The highest BCUT2D eigenvalue weighted by molar-refractivity contribution is 5.43. The van der Waals surface area contributed by atoms with Gasteiger partial charge in [-0.3, -0.25) is 4.57 Å². The largest absolute Gasteiger partial charge is 0.375 e. The summed E-state index contributed by atoms with van der Waals surface area (Å²) >= 11 is 0. The van der Waals surface area contributed by atoms with E-state index in [2.05, 4.69) is 47.0 Å². The summed E-state index contributed by atoms with van der Waals surface area (Å²) in [5.74, 6) is 0.918. The Kier molecular flexibility index (Phi) is 3.72. The molecule has 0 spiro atoms. The smallest absolute Gasteiger partial charge is 0.207 e. The van der Waals surface area contributed by atoms with Gasteiger partial charge in [-0.2, -0.15) is 0 Å². The van der Waals surface area contributed by atoms with Crippen LogP contribution in [0, 0.1) is 6.92 Å². The van der Waals surface area contributed by atoms with Crippen molar-refractivity contribution in [2.24, 2.45) is 0 Å². The molecule has 112 valence electrons. The molecule has 4 heteroatoms. The Labute approximate surface area is 126 Å². The summed E-state index contributed by atoms with van der Waals surface area (Å²) < 4.78 is 7.91. The van der Waals surface area contributed by atoms with E-state index in [-0.39, 0.29) is 5.60 Å². The van der Waals surface area contributed by atoms with E-state index in [1.807, 2.05) is 25.1 Å². The molecule has 1 aromatic carbocycles. The number of hydrogen-bond donors (Lipinski definition) is 1. The lowest BCUT2D eigenvalue weighted by molar-refractivity contribution is -0.0554. The molecule has 21 heavy (non-hydrogen) atoms. The molecule has 0 bridgehead atoms. The van der Waals surface area contributed by atoms with E-state index in [1.165, 1.54) is 0 Å². The first-order chi connectivity index (χ1) is 10.0. The highest BCUT2D eigenvalue weighted by Crippen LogP contribution is 2.27. The maximum Gasteiger partial charge on any atom is 0.207 e. The summed E-state index contributed by atoms with van der Waals surface area (Å²) in [6.45, 7) is 7.12. The first kappa shape index (κ1) is 14.1. The normalized spacial score (nSPS) is 21.2. The van der Waals surface area contributed by atoms with Crippen LogP contribution in [0.25, 0.3) is 5.69 Å². The van der Waals surface area contributed by atoms with Crippen LogP contribution in [0.4, 0.5) is 5.95 Å². The number of aryl methyl sites for hydroxylation is 1. The average molecular weight is 285 g/mol. The molecule has 3 rings (SSSR count). The molecular formula is C17H23N3O. The van der Waals surface area contributed by atoms with Crippen molar-refractivity contribution in [3.8, 4) is 5.69 Å². The molecule has 2 heterocycles. The first-order valence-electron chi connectivity index (χ1n) is 7.55. The predicted molar refractivity (Wildman–Crippen MR) is 85.0 cm³/mol. The van der Waals surface area contributed by atoms with Gasteiger partial charge in [-0.1, -0.05) is 18.2 Å². The molecule has 1 fully saturated rings. The van der Waals surface area contributed by atoms with Crippen LogP contribution in [0.2, 0.25) is 0 Å². The van der Waals surface area contributed by atoms with Crippen LogP contribution in [-0.4, -0.2) is 27.8 Å². The molecule has 1 unspecified atom stereocenters. The quantitative estimate of drug-likeness (QED) is 0.937. The highest BCUT2D eigenvalue weighted by Gasteiger charge is 2.29. The number of hydrogen-bond acceptors (Lipinski definition) is 3. The number of nitrogens with zero attached hydrogens (tertiary/aromatic N) is 2. The molecule has 0 saturated carbocycles. The number of aromatic nitrogens is 2. The van der Waals surface area contributed by atoms with Gasteiger partial charge >= 0.3 is 0 Å². The third-order valence-corrected chi connectivity index (χ3v) is 3.89. The zero-order valence-electron chi connectivity index (χ0n) is 13.0. The molecule has 1 N–H and O–H groups in total. The van der Waals surface area contributed by atoms with E-state index in [4.69, 9.17) is 4.74 Å². The minimum atomic E-state index is -0.0604. The lowest BCUT2D eigenvalue weighted by Crippen LogP contribution is -2.40. The van der Waals surface area contributed by atoms with Gasteiger partial charge in [0.2, 0.25) is 5.95 Å². The molecule has 0 amide bonds. The molecule has 1 aliphatic rings. The Morgan fingerprint density at radius 2 is 2.05 bits per heavy atom. The second-order valence-corrected chi connectivity index (χ2v) is 6.35. The summed E-state index contributed by atoms with van der Waals surface area (Å²) in [6, 6.07) is 10.7. The van der Waals surface area contributed by atoms with Crippen molar-refractivity contribution < 1.29 is 4.74 Å². The van der Waals surface area contributed by atoms with Gasteiger partial charge < -0.3 is 10.1 Å².